The molecule has 0 fully saturated rings. The Morgan fingerprint density at radius 3 is 1.48 bits per heavy atom. The van der Waals surface area contributed by atoms with Crippen molar-refractivity contribution in [2.75, 3.05) is 18.1 Å². The van der Waals surface area contributed by atoms with Crippen LogP contribution in [-0.4, -0.2) is 64.9 Å². The fourth-order valence-corrected chi connectivity index (χ4v) is 5.50. The van der Waals surface area contributed by atoms with E-state index in [1.807, 2.05) is 60.7 Å². The highest BCUT2D eigenvalue weighted by molar-refractivity contribution is 8.76. The number of carbonyl (C=O) groups is 4. The zero-order valence-electron chi connectivity index (χ0n) is 23.5. The van der Waals surface area contributed by atoms with Gasteiger partial charge in [-0.25, -0.2) is 0 Å². The van der Waals surface area contributed by atoms with E-state index in [0.717, 1.165) is 11.1 Å². The summed E-state index contributed by atoms with van der Waals surface area (Å²) in [6, 6.07) is 18.9. The second-order valence-corrected chi connectivity index (χ2v) is 11.8. The van der Waals surface area contributed by atoms with E-state index in [0.29, 0.717) is 37.6 Å². The molecule has 0 bridgehead atoms. The molecule has 3 amide bonds. The maximum atomic E-state index is 12.4. The lowest BCUT2D eigenvalue weighted by Crippen LogP contribution is -2.48. The predicted molar refractivity (Wildman–Crippen MR) is 171 cm³/mol. The van der Waals surface area contributed by atoms with E-state index >= 15 is 0 Å². The molecule has 2 aliphatic rings. The maximum Gasteiger partial charge on any atom is 0.290 e. The van der Waals surface area contributed by atoms with Crippen molar-refractivity contribution in [1.82, 2.24) is 37.7 Å². The summed E-state index contributed by atoms with van der Waals surface area (Å²) in [4.78, 5) is 49.1. The molecule has 230 valence electrons. The molecule has 0 spiro atoms. The van der Waals surface area contributed by atoms with Crippen LogP contribution in [0.3, 0.4) is 0 Å². The predicted octanol–water partition coefficient (Wildman–Crippen LogP) is 0.106. The van der Waals surface area contributed by atoms with Crippen molar-refractivity contribution < 1.29 is 19.2 Å². The Morgan fingerprint density at radius 2 is 1.00 bits per heavy atom. The Bertz CT molecular complexity index is 1340. The van der Waals surface area contributed by atoms with Crippen molar-refractivity contribution in [3.8, 4) is 0 Å². The molecule has 15 nitrogen and oxygen atoms in total. The average Bonchev–Trinajstić information content (AvgIpc) is 3.08. The molecule has 2 aromatic rings. The molecule has 0 unspecified atom stereocenters. The van der Waals surface area contributed by atoms with Crippen molar-refractivity contribution in [2.24, 2.45) is 20.4 Å². The Kier molecular flexibility index (Phi) is 12.6. The molecule has 17 heteroatoms. The number of hydrogen-bond acceptors (Lipinski definition) is 14. The molecule has 7 N–H and O–H groups in total. The number of carbonyl (C=O) groups excluding carboxylic acids is 4. The molecular weight excluding hydrogens is 607 g/mol. The molecule has 0 radical (unpaired) electrons. The van der Waals surface area contributed by atoms with Crippen molar-refractivity contribution >= 4 is 68.4 Å². The first-order valence-corrected chi connectivity index (χ1v) is 16.0. The summed E-state index contributed by atoms with van der Waals surface area (Å²) < 4.78 is 0. The number of hydrazone groups is 4. The quantitative estimate of drug-likeness (QED) is 0.0978. The van der Waals surface area contributed by atoms with Gasteiger partial charge >= 0.3 is 0 Å². The fourth-order valence-electron chi connectivity index (χ4n) is 3.51. The van der Waals surface area contributed by atoms with E-state index in [2.05, 4.69) is 58.1 Å². The molecule has 44 heavy (non-hydrogen) atoms. The number of ketones is 1. The highest BCUT2D eigenvalue weighted by atomic mass is 33.1. The number of nitrogens with one attached hydrogen (secondary N) is 7. The zero-order valence-corrected chi connectivity index (χ0v) is 25.1. The topological polar surface area (TPSA) is 202 Å². The minimum absolute atomic E-state index is 0.0291. The van der Waals surface area contributed by atoms with Crippen molar-refractivity contribution in [3.63, 3.8) is 0 Å². The van der Waals surface area contributed by atoms with Gasteiger partial charge in [0.2, 0.25) is 29.1 Å². The van der Waals surface area contributed by atoms with Crippen LogP contribution in [-0.2, 0) is 32.3 Å². The Labute approximate surface area is 261 Å². The first-order valence-electron chi connectivity index (χ1n) is 13.5. The van der Waals surface area contributed by atoms with Gasteiger partial charge in [-0.15, -0.1) is 15.3 Å². The molecular formula is C27H31N11O4S2. The van der Waals surface area contributed by atoms with Crippen molar-refractivity contribution in [2.45, 2.75) is 25.9 Å². The van der Waals surface area contributed by atoms with Crippen LogP contribution in [0.25, 0.3) is 0 Å². The van der Waals surface area contributed by atoms with E-state index in [1.54, 1.807) is 21.6 Å². The van der Waals surface area contributed by atoms with Crippen LogP contribution in [0, 0.1) is 0 Å². The fraction of sp³-hybridized carbons (Fsp3) is 0.259. The summed E-state index contributed by atoms with van der Waals surface area (Å²) in [6.45, 7) is 1.06. The summed E-state index contributed by atoms with van der Waals surface area (Å²) in [5.74, 6) is -0.340. The van der Waals surface area contributed by atoms with Gasteiger partial charge in [-0.1, -0.05) is 82.3 Å². The molecule has 2 aromatic carbocycles. The summed E-state index contributed by atoms with van der Waals surface area (Å²) in [5, 5.41) is 23.7. The lowest BCUT2D eigenvalue weighted by molar-refractivity contribution is -0.116. The van der Waals surface area contributed by atoms with Gasteiger partial charge in [-0.05, 0) is 17.5 Å². The van der Waals surface area contributed by atoms with Gasteiger partial charge in [-0.2, -0.15) is 5.10 Å². The van der Waals surface area contributed by atoms with E-state index in [-0.39, 0.29) is 35.5 Å². The molecule has 0 atom stereocenters. The largest absolute Gasteiger partial charge is 0.348 e. The third kappa shape index (κ3) is 10.4. The van der Waals surface area contributed by atoms with E-state index in [4.69, 9.17) is 0 Å². The van der Waals surface area contributed by atoms with Crippen LogP contribution in [0.1, 0.15) is 24.0 Å². The molecule has 2 aliphatic heterocycles. The number of amides is 3. The molecule has 0 aliphatic carbocycles. The second kappa shape index (κ2) is 17.3. The van der Waals surface area contributed by atoms with Crippen LogP contribution < -0.4 is 37.7 Å². The standard InChI is InChI=1S/C27H31N11O4S2/c39-20(21-31-33-23(34-32-21)26(41)29-16-18-8-3-1-4-9-18)12-7-14-43-44-15-13-28-25(40)22-35-37-24(38-36-22)27(42)30-17-19-10-5-2-6-11-19/h1-6,8-11H,7,12-17H2,(H,28,40)(H,29,41)(H,30,42)(H,31,32)(H,33,34)(H,35,36)(H,37,38). The van der Waals surface area contributed by atoms with Gasteiger partial charge in [0.25, 0.3) is 17.7 Å². The third-order valence-electron chi connectivity index (χ3n) is 5.78. The number of amidine groups is 4. The van der Waals surface area contributed by atoms with Crippen molar-refractivity contribution in [1.29, 1.82) is 0 Å². The van der Waals surface area contributed by atoms with Crippen LogP contribution in [0.2, 0.25) is 0 Å². The number of nitrogens with zero attached hydrogens (tertiary/aromatic N) is 4. The van der Waals surface area contributed by atoms with Gasteiger partial charge in [0.05, 0.1) is 0 Å². The van der Waals surface area contributed by atoms with Crippen LogP contribution in [0.5, 0.6) is 0 Å². The van der Waals surface area contributed by atoms with E-state index in [9.17, 15) is 19.2 Å². The molecule has 0 saturated heterocycles. The van der Waals surface area contributed by atoms with Gasteiger partial charge in [0.1, 0.15) is 0 Å². The van der Waals surface area contributed by atoms with E-state index < -0.39 is 17.7 Å². The number of hydrogen-bond donors (Lipinski definition) is 7. The molecule has 2 heterocycles. The second-order valence-electron chi connectivity index (χ2n) is 9.05. The van der Waals surface area contributed by atoms with Crippen LogP contribution >= 0.6 is 21.6 Å². The highest BCUT2D eigenvalue weighted by Gasteiger charge is 2.20. The lowest BCUT2D eigenvalue weighted by atomic mass is 10.2. The summed E-state index contributed by atoms with van der Waals surface area (Å²) >= 11 is 0. The number of Topliss-reactive ketones (excluding diaryl/α,β-unsaturated/α-hetero) is 1. The number of rotatable bonds is 16. The Balaban J connectivity index is 1.01. The zero-order chi connectivity index (χ0) is 31.0. The van der Waals surface area contributed by atoms with Crippen molar-refractivity contribution in [3.05, 3.63) is 71.8 Å². The average molecular weight is 638 g/mol. The van der Waals surface area contributed by atoms with Gasteiger partial charge in [-0.3, -0.25) is 40.9 Å². The summed E-state index contributed by atoms with van der Waals surface area (Å²) in [7, 11) is 3.13. The Morgan fingerprint density at radius 1 is 0.568 bits per heavy atom. The molecule has 0 aromatic heterocycles. The third-order valence-corrected chi connectivity index (χ3v) is 8.27. The van der Waals surface area contributed by atoms with Gasteiger partial charge in [0.15, 0.2) is 0 Å². The molecule has 4 rings (SSSR count). The normalized spacial score (nSPS) is 13.6. The smallest absolute Gasteiger partial charge is 0.290 e. The SMILES string of the molecule is O=C(CCCSSCCNC(=O)C1=NNC(C(=O)NCc2ccccc2)=NN1)C1=NNC(C(=O)NCc2ccccc2)=NN1. The minimum atomic E-state index is -0.463. The first kappa shape index (κ1) is 32.0. The maximum absolute atomic E-state index is 12.4. The van der Waals surface area contributed by atoms with Gasteiger partial charge in [0, 0.05) is 37.6 Å². The summed E-state index contributed by atoms with van der Waals surface area (Å²) in [6.07, 6.45) is 0.873. The lowest BCUT2D eigenvalue weighted by Gasteiger charge is -2.14. The van der Waals surface area contributed by atoms with Crippen LogP contribution in [0.15, 0.2) is 81.1 Å². The summed E-state index contributed by atoms with van der Waals surface area (Å²) in [5.41, 5.74) is 11.9. The van der Waals surface area contributed by atoms with E-state index in [1.165, 1.54) is 0 Å². The van der Waals surface area contributed by atoms with Crippen LogP contribution in [0.4, 0.5) is 0 Å². The molecule has 0 saturated carbocycles. The van der Waals surface area contributed by atoms with Gasteiger partial charge < -0.3 is 16.0 Å². The first-order chi connectivity index (χ1) is 21.5. The number of benzene rings is 2. The highest BCUT2D eigenvalue weighted by Crippen LogP contribution is 2.21. The monoisotopic (exact) mass is 637 g/mol. The Hall–Kier alpha value is -4.90. The minimum Gasteiger partial charge on any atom is -0.348 e.